The molecule has 1 unspecified atom stereocenters. The SMILES string of the molecule is CCC(NC(=O)c1cccc(S(=O)(=O)Nc2ccccc2C)c1)c1ccc(C)cc1. The van der Waals surface area contributed by atoms with E-state index in [0.29, 0.717) is 11.3 Å². The number of carbonyl (C=O) groups excluding carboxylic acids is 1. The van der Waals surface area contributed by atoms with Gasteiger partial charge in [-0.3, -0.25) is 9.52 Å². The predicted octanol–water partition coefficient (Wildman–Crippen LogP) is 4.99. The molecule has 0 spiro atoms. The van der Waals surface area contributed by atoms with E-state index in [9.17, 15) is 13.2 Å². The average Bonchev–Trinajstić information content (AvgIpc) is 2.74. The monoisotopic (exact) mass is 422 g/mol. The number of carbonyl (C=O) groups is 1. The third kappa shape index (κ3) is 5.07. The van der Waals surface area contributed by atoms with E-state index in [2.05, 4.69) is 10.0 Å². The van der Waals surface area contributed by atoms with Gasteiger partial charge in [-0.1, -0.05) is 61.0 Å². The van der Waals surface area contributed by atoms with E-state index >= 15 is 0 Å². The lowest BCUT2D eigenvalue weighted by atomic mass is 10.0. The van der Waals surface area contributed by atoms with Gasteiger partial charge in [0.15, 0.2) is 0 Å². The first-order valence-corrected chi connectivity index (χ1v) is 11.3. The van der Waals surface area contributed by atoms with Crippen LogP contribution in [0, 0.1) is 13.8 Å². The Bertz CT molecular complexity index is 1140. The fraction of sp³-hybridized carbons (Fsp3) is 0.208. The molecule has 1 amide bonds. The highest BCUT2D eigenvalue weighted by atomic mass is 32.2. The molecule has 0 aromatic heterocycles. The quantitative estimate of drug-likeness (QED) is 0.563. The predicted molar refractivity (Wildman–Crippen MR) is 120 cm³/mol. The maximum Gasteiger partial charge on any atom is 0.261 e. The van der Waals surface area contributed by atoms with Gasteiger partial charge >= 0.3 is 0 Å². The molecular weight excluding hydrogens is 396 g/mol. The minimum Gasteiger partial charge on any atom is -0.345 e. The Kier molecular flexibility index (Phi) is 6.57. The first kappa shape index (κ1) is 21.6. The van der Waals surface area contributed by atoms with Gasteiger partial charge in [-0.05, 0) is 55.7 Å². The minimum atomic E-state index is -3.81. The molecule has 0 aliphatic rings. The lowest BCUT2D eigenvalue weighted by Gasteiger charge is -2.18. The van der Waals surface area contributed by atoms with Crippen LogP contribution >= 0.6 is 0 Å². The average molecular weight is 423 g/mol. The molecule has 3 aromatic rings. The van der Waals surface area contributed by atoms with Gasteiger partial charge in [0, 0.05) is 5.56 Å². The van der Waals surface area contributed by atoms with Gasteiger partial charge in [0.1, 0.15) is 0 Å². The molecule has 1 atom stereocenters. The number of benzene rings is 3. The summed E-state index contributed by atoms with van der Waals surface area (Å²) in [6.07, 6.45) is 0.724. The van der Waals surface area contributed by atoms with Gasteiger partial charge in [0.05, 0.1) is 16.6 Å². The summed E-state index contributed by atoms with van der Waals surface area (Å²) in [4.78, 5) is 12.9. The molecule has 0 aliphatic carbocycles. The standard InChI is InChI=1S/C24H26N2O3S/c1-4-22(19-14-12-17(2)13-15-19)25-24(27)20-9-7-10-21(16-20)30(28,29)26-23-11-6-5-8-18(23)3/h5-16,22,26H,4H2,1-3H3,(H,25,27). The Morgan fingerprint density at radius 2 is 1.63 bits per heavy atom. The lowest BCUT2D eigenvalue weighted by Crippen LogP contribution is -2.28. The highest BCUT2D eigenvalue weighted by Crippen LogP contribution is 2.21. The molecule has 0 bridgehead atoms. The first-order chi connectivity index (χ1) is 14.3. The molecule has 30 heavy (non-hydrogen) atoms. The highest BCUT2D eigenvalue weighted by Gasteiger charge is 2.19. The van der Waals surface area contributed by atoms with Crippen molar-refractivity contribution >= 4 is 21.6 Å². The van der Waals surface area contributed by atoms with Gasteiger partial charge < -0.3 is 5.32 Å². The maximum absolute atomic E-state index is 12.8. The van der Waals surface area contributed by atoms with Crippen molar-refractivity contribution in [1.82, 2.24) is 5.32 Å². The van der Waals surface area contributed by atoms with Crippen molar-refractivity contribution < 1.29 is 13.2 Å². The van der Waals surface area contributed by atoms with Gasteiger partial charge in [0.25, 0.3) is 15.9 Å². The Hall–Kier alpha value is -3.12. The van der Waals surface area contributed by atoms with Crippen LogP contribution in [0.1, 0.15) is 46.4 Å². The maximum atomic E-state index is 12.8. The molecule has 0 heterocycles. The summed E-state index contributed by atoms with van der Waals surface area (Å²) in [6, 6.07) is 21.1. The van der Waals surface area contributed by atoms with Crippen LogP contribution in [0.3, 0.4) is 0 Å². The Morgan fingerprint density at radius 1 is 0.933 bits per heavy atom. The molecule has 2 N–H and O–H groups in total. The van der Waals surface area contributed by atoms with Crippen molar-refractivity contribution in [3.63, 3.8) is 0 Å². The van der Waals surface area contributed by atoms with Crippen LogP contribution in [0.25, 0.3) is 0 Å². The van der Waals surface area contributed by atoms with E-state index < -0.39 is 10.0 Å². The van der Waals surface area contributed by atoms with Crippen molar-refractivity contribution in [1.29, 1.82) is 0 Å². The number of hydrogen-bond acceptors (Lipinski definition) is 3. The van der Waals surface area contributed by atoms with Crippen molar-refractivity contribution in [3.8, 4) is 0 Å². The highest BCUT2D eigenvalue weighted by molar-refractivity contribution is 7.92. The molecule has 0 aliphatic heterocycles. The Labute approximate surface area is 178 Å². The minimum absolute atomic E-state index is 0.0433. The molecule has 0 fully saturated rings. The first-order valence-electron chi connectivity index (χ1n) is 9.86. The molecule has 0 radical (unpaired) electrons. The number of rotatable bonds is 7. The summed E-state index contributed by atoms with van der Waals surface area (Å²) < 4.78 is 28.2. The molecule has 5 nitrogen and oxygen atoms in total. The number of hydrogen-bond donors (Lipinski definition) is 2. The van der Waals surface area contributed by atoms with Gasteiger partial charge in [-0.2, -0.15) is 0 Å². The van der Waals surface area contributed by atoms with Gasteiger partial charge in [-0.25, -0.2) is 8.42 Å². The smallest absolute Gasteiger partial charge is 0.261 e. The Balaban J connectivity index is 1.81. The number of nitrogens with one attached hydrogen (secondary N) is 2. The summed E-state index contributed by atoms with van der Waals surface area (Å²) >= 11 is 0. The number of aryl methyl sites for hydroxylation is 2. The lowest BCUT2D eigenvalue weighted by molar-refractivity contribution is 0.0935. The third-order valence-electron chi connectivity index (χ3n) is 4.99. The summed E-state index contributed by atoms with van der Waals surface area (Å²) in [5, 5.41) is 3.00. The molecule has 0 saturated carbocycles. The Morgan fingerprint density at radius 3 is 2.30 bits per heavy atom. The topological polar surface area (TPSA) is 75.3 Å². The van der Waals surface area contributed by atoms with Crippen molar-refractivity contribution in [2.24, 2.45) is 0 Å². The molecule has 156 valence electrons. The van der Waals surface area contributed by atoms with Crippen molar-refractivity contribution in [2.75, 3.05) is 4.72 Å². The summed E-state index contributed by atoms with van der Waals surface area (Å²) in [6.45, 7) is 5.84. The normalized spacial score (nSPS) is 12.2. The third-order valence-corrected chi connectivity index (χ3v) is 6.35. The molecule has 3 aromatic carbocycles. The zero-order valence-corrected chi connectivity index (χ0v) is 18.2. The number of amides is 1. The second kappa shape index (κ2) is 9.13. The van der Waals surface area contributed by atoms with Crippen LogP contribution in [0.4, 0.5) is 5.69 Å². The number of para-hydroxylation sites is 1. The fourth-order valence-corrected chi connectivity index (χ4v) is 4.33. The van der Waals surface area contributed by atoms with Crippen LogP contribution in [-0.2, 0) is 10.0 Å². The second-order valence-corrected chi connectivity index (χ2v) is 8.98. The summed E-state index contributed by atoms with van der Waals surface area (Å²) in [5.41, 5.74) is 3.80. The van der Waals surface area contributed by atoms with Crippen LogP contribution < -0.4 is 10.0 Å². The van der Waals surface area contributed by atoms with Crippen molar-refractivity contribution in [2.45, 2.75) is 38.1 Å². The summed E-state index contributed by atoms with van der Waals surface area (Å²) in [7, 11) is -3.81. The molecule has 0 saturated heterocycles. The van der Waals surface area contributed by atoms with Crippen LogP contribution in [0.2, 0.25) is 0 Å². The number of anilines is 1. The van der Waals surface area contributed by atoms with E-state index in [1.807, 2.05) is 57.2 Å². The summed E-state index contributed by atoms with van der Waals surface area (Å²) in [5.74, 6) is -0.310. The van der Waals surface area contributed by atoms with Gasteiger partial charge in [0.2, 0.25) is 0 Å². The zero-order valence-electron chi connectivity index (χ0n) is 17.3. The van der Waals surface area contributed by atoms with Crippen LogP contribution in [0.15, 0.2) is 77.7 Å². The second-order valence-electron chi connectivity index (χ2n) is 7.29. The molecule has 6 heteroatoms. The van der Waals surface area contributed by atoms with Crippen LogP contribution in [0.5, 0.6) is 0 Å². The van der Waals surface area contributed by atoms with Crippen LogP contribution in [-0.4, -0.2) is 14.3 Å². The van der Waals surface area contributed by atoms with E-state index in [1.165, 1.54) is 12.1 Å². The van der Waals surface area contributed by atoms with Gasteiger partial charge in [-0.15, -0.1) is 0 Å². The van der Waals surface area contributed by atoms with E-state index in [-0.39, 0.29) is 16.8 Å². The zero-order chi connectivity index (χ0) is 21.7. The fourth-order valence-electron chi connectivity index (χ4n) is 3.16. The number of sulfonamides is 1. The van der Waals surface area contributed by atoms with E-state index in [0.717, 1.165) is 23.1 Å². The van der Waals surface area contributed by atoms with E-state index in [1.54, 1.807) is 24.3 Å². The van der Waals surface area contributed by atoms with Crippen molar-refractivity contribution in [3.05, 3.63) is 95.1 Å². The largest absolute Gasteiger partial charge is 0.345 e. The molecular formula is C24H26N2O3S. The molecule has 3 rings (SSSR count). The van der Waals surface area contributed by atoms with E-state index in [4.69, 9.17) is 0 Å².